The maximum Gasteiger partial charge on any atom is 0.243 e. The average molecular weight is 401 g/mol. The summed E-state index contributed by atoms with van der Waals surface area (Å²) in [5, 5.41) is 2.83. The molecule has 0 bridgehead atoms. The molecule has 1 atom stereocenters. The molecule has 0 spiro atoms. The van der Waals surface area contributed by atoms with Gasteiger partial charge in [0.15, 0.2) is 0 Å². The van der Waals surface area contributed by atoms with E-state index in [4.69, 9.17) is 5.73 Å². The van der Waals surface area contributed by atoms with Crippen LogP contribution in [-0.2, 0) is 26.0 Å². The number of nitrogens with one attached hydrogen (secondary N) is 1. The van der Waals surface area contributed by atoms with Crippen LogP contribution < -0.4 is 11.1 Å². The van der Waals surface area contributed by atoms with Crippen molar-refractivity contribution in [3.63, 3.8) is 0 Å². The number of primary amides is 1. The molecule has 0 saturated carbocycles. The standard InChI is InChI=1S/C20H23N3O4S/c21-19(24)13-15-8-10-17(11-9-15)22-20(25)16-5-4-12-23(14-16)28(26,27)18-6-2-1-3-7-18/h1-3,6-11,16H,4-5,12-14H2,(H2,21,24)(H,22,25)/t16-/m0/s1. The number of benzene rings is 2. The molecule has 1 aliphatic rings. The van der Waals surface area contributed by atoms with Crippen molar-refractivity contribution in [1.82, 2.24) is 4.31 Å². The van der Waals surface area contributed by atoms with Gasteiger partial charge in [0, 0.05) is 18.8 Å². The highest BCUT2D eigenvalue weighted by Gasteiger charge is 2.33. The van der Waals surface area contributed by atoms with Crippen molar-refractivity contribution in [2.45, 2.75) is 24.2 Å². The summed E-state index contributed by atoms with van der Waals surface area (Å²) in [4.78, 5) is 23.8. The van der Waals surface area contributed by atoms with Crippen molar-refractivity contribution >= 4 is 27.5 Å². The van der Waals surface area contributed by atoms with Gasteiger partial charge in [0.1, 0.15) is 0 Å². The molecule has 0 aromatic heterocycles. The molecule has 148 valence electrons. The van der Waals surface area contributed by atoms with Crippen molar-refractivity contribution in [3.8, 4) is 0 Å². The molecular weight excluding hydrogens is 378 g/mol. The highest BCUT2D eigenvalue weighted by atomic mass is 32.2. The summed E-state index contributed by atoms with van der Waals surface area (Å²) in [5.74, 6) is -1.05. The number of carbonyl (C=O) groups excluding carboxylic acids is 2. The van der Waals surface area contributed by atoms with E-state index in [-0.39, 0.29) is 23.8 Å². The topological polar surface area (TPSA) is 110 Å². The Labute approximate surface area is 164 Å². The molecule has 2 aromatic carbocycles. The first-order valence-electron chi connectivity index (χ1n) is 9.09. The lowest BCUT2D eigenvalue weighted by Crippen LogP contribution is -2.43. The number of anilines is 1. The summed E-state index contributed by atoms with van der Waals surface area (Å²) in [6.45, 7) is 0.561. The largest absolute Gasteiger partial charge is 0.369 e. The first-order chi connectivity index (χ1) is 13.4. The Morgan fingerprint density at radius 3 is 2.39 bits per heavy atom. The zero-order chi connectivity index (χ0) is 20.1. The number of hydrogen-bond acceptors (Lipinski definition) is 4. The van der Waals surface area contributed by atoms with Crippen molar-refractivity contribution in [3.05, 3.63) is 60.2 Å². The van der Waals surface area contributed by atoms with Gasteiger partial charge in [0.05, 0.1) is 17.2 Å². The number of nitrogens with two attached hydrogens (primary N) is 1. The summed E-state index contributed by atoms with van der Waals surface area (Å²) in [7, 11) is -3.61. The molecule has 2 amide bonds. The molecule has 8 heteroatoms. The molecule has 7 nitrogen and oxygen atoms in total. The average Bonchev–Trinajstić information content (AvgIpc) is 2.70. The first-order valence-corrected chi connectivity index (χ1v) is 10.5. The van der Waals surface area contributed by atoms with Gasteiger partial charge in [-0.2, -0.15) is 4.31 Å². The van der Waals surface area contributed by atoms with Gasteiger partial charge in [-0.25, -0.2) is 8.42 Å². The second kappa shape index (κ2) is 8.53. The fraction of sp³-hybridized carbons (Fsp3) is 0.300. The van der Waals surface area contributed by atoms with E-state index in [1.165, 1.54) is 4.31 Å². The molecular formula is C20H23N3O4S. The van der Waals surface area contributed by atoms with E-state index in [9.17, 15) is 18.0 Å². The SMILES string of the molecule is NC(=O)Cc1ccc(NC(=O)[C@H]2CCCN(S(=O)(=O)c3ccccc3)C2)cc1. The first kappa shape index (κ1) is 20.0. The zero-order valence-electron chi connectivity index (χ0n) is 15.4. The molecule has 3 rings (SSSR count). The van der Waals surface area contributed by atoms with E-state index in [0.29, 0.717) is 25.1 Å². The molecule has 2 aromatic rings. The lowest BCUT2D eigenvalue weighted by molar-refractivity contribution is -0.121. The predicted octanol–water partition coefficient (Wildman–Crippen LogP) is 1.75. The van der Waals surface area contributed by atoms with Crippen LogP contribution in [0.25, 0.3) is 0 Å². The number of nitrogens with zero attached hydrogens (tertiary/aromatic N) is 1. The van der Waals surface area contributed by atoms with E-state index >= 15 is 0 Å². The molecule has 3 N–H and O–H groups in total. The fourth-order valence-corrected chi connectivity index (χ4v) is 4.81. The van der Waals surface area contributed by atoms with Crippen LogP contribution in [0.15, 0.2) is 59.5 Å². The lowest BCUT2D eigenvalue weighted by Gasteiger charge is -2.31. The minimum absolute atomic E-state index is 0.142. The van der Waals surface area contributed by atoms with Crippen LogP contribution >= 0.6 is 0 Å². The summed E-state index contributed by atoms with van der Waals surface area (Å²) in [6, 6.07) is 15.1. The lowest BCUT2D eigenvalue weighted by atomic mass is 9.98. The number of piperidine rings is 1. The minimum atomic E-state index is -3.61. The number of rotatable bonds is 6. The van der Waals surface area contributed by atoms with E-state index in [1.807, 2.05) is 0 Å². The van der Waals surface area contributed by atoms with Gasteiger partial charge < -0.3 is 11.1 Å². The van der Waals surface area contributed by atoms with Gasteiger partial charge in [-0.3, -0.25) is 9.59 Å². The van der Waals surface area contributed by atoms with E-state index in [0.717, 1.165) is 5.56 Å². The van der Waals surface area contributed by atoms with Crippen LogP contribution in [0.5, 0.6) is 0 Å². The normalized spacial score (nSPS) is 17.8. The third-order valence-corrected chi connectivity index (χ3v) is 6.62. The second-order valence-corrected chi connectivity index (χ2v) is 8.78. The quantitative estimate of drug-likeness (QED) is 0.768. The van der Waals surface area contributed by atoms with Crippen LogP contribution in [0, 0.1) is 5.92 Å². The van der Waals surface area contributed by atoms with Crippen molar-refractivity contribution in [2.24, 2.45) is 11.7 Å². The molecule has 1 saturated heterocycles. The fourth-order valence-electron chi connectivity index (χ4n) is 3.27. The maximum absolute atomic E-state index is 12.8. The van der Waals surface area contributed by atoms with Crippen LogP contribution in [0.3, 0.4) is 0 Å². The van der Waals surface area contributed by atoms with Crippen LogP contribution in [0.2, 0.25) is 0 Å². The molecule has 1 aliphatic heterocycles. The van der Waals surface area contributed by atoms with Crippen LogP contribution in [0.1, 0.15) is 18.4 Å². The maximum atomic E-state index is 12.8. The number of amides is 2. The monoisotopic (exact) mass is 401 g/mol. The highest BCUT2D eigenvalue weighted by Crippen LogP contribution is 2.24. The Morgan fingerprint density at radius 1 is 1.07 bits per heavy atom. The Hall–Kier alpha value is -2.71. The van der Waals surface area contributed by atoms with Crippen LogP contribution in [0.4, 0.5) is 5.69 Å². The molecule has 28 heavy (non-hydrogen) atoms. The zero-order valence-corrected chi connectivity index (χ0v) is 16.2. The molecule has 0 aliphatic carbocycles. The molecule has 0 unspecified atom stereocenters. The second-order valence-electron chi connectivity index (χ2n) is 6.84. The number of carbonyl (C=O) groups is 2. The van der Waals surface area contributed by atoms with Crippen molar-refractivity contribution in [2.75, 3.05) is 18.4 Å². The summed E-state index contributed by atoms with van der Waals surface area (Å²) >= 11 is 0. The van der Waals surface area contributed by atoms with Gasteiger partial charge in [0.25, 0.3) is 0 Å². The number of hydrogen-bond donors (Lipinski definition) is 2. The van der Waals surface area contributed by atoms with Crippen molar-refractivity contribution < 1.29 is 18.0 Å². The number of sulfonamides is 1. The predicted molar refractivity (Wildman–Crippen MR) is 106 cm³/mol. The Bertz CT molecular complexity index is 943. The van der Waals surface area contributed by atoms with E-state index in [2.05, 4.69) is 5.32 Å². The van der Waals surface area contributed by atoms with E-state index < -0.39 is 21.8 Å². The third kappa shape index (κ3) is 4.76. The van der Waals surface area contributed by atoms with Gasteiger partial charge >= 0.3 is 0 Å². The van der Waals surface area contributed by atoms with Crippen LogP contribution in [-0.4, -0.2) is 37.6 Å². The summed E-state index contributed by atoms with van der Waals surface area (Å²) < 4.78 is 27.0. The van der Waals surface area contributed by atoms with Gasteiger partial charge in [-0.1, -0.05) is 30.3 Å². The molecule has 1 fully saturated rings. The highest BCUT2D eigenvalue weighted by molar-refractivity contribution is 7.89. The van der Waals surface area contributed by atoms with Crippen molar-refractivity contribution in [1.29, 1.82) is 0 Å². The summed E-state index contributed by atoms with van der Waals surface area (Å²) in [6.07, 6.45) is 1.40. The van der Waals surface area contributed by atoms with Gasteiger partial charge in [-0.05, 0) is 42.7 Å². The Kier molecular flexibility index (Phi) is 6.11. The molecule has 0 radical (unpaired) electrons. The van der Waals surface area contributed by atoms with E-state index in [1.54, 1.807) is 54.6 Å². The Morgan fingerprint density at radius 2 is 1.75 bits per heavy atom. The smallest absolute Gasteiger partial charge is 0.243 e. The third-order valence-electron chi connectivity index (χ3n) is 4.74. The Balaban J connectivity index is 1.65. The molecule has 1 heterocycles. The summed E-state index contributed by atoms with van der Waals surface area (Å²) in [5.41, 5.74) is 6.53. The van der Waals surface area contributed by atoms with Gasteiger partial charge in [-0.15, -0.1) is 0 Å². The van der Waals surface area contributed by atoms with Gasteiger partial charge in [0.2, 0.25) is 21.8 Å². The minimum Gasteiger partial charge on any atom is -0.369 e.